The Hall–Kier alpha value is -0.810. The highest BCUT2D eigenvalue weighted by atomic mass is 35.5. The molecule has 2 atom stereocenters. The number of amides is 2. The molecular weight excluding hydrogens is 302 g/mol. The van der Waals surface area contributed by atoms with E-state index in [1.165, 1.54) is 12.8 Å². The van der Waals surface area contributed by atoms with Crippen LogP contribution in [0.25, 0.3) is 0 Å². The van der Waals surface area contributed by atoms with Crippen LogP contribution in [-0.4, -0.2) is 48.9 Å². The first-order valence-corrected chi connectivity index (χ1v) is 8.50. The van der Waals surface area contributed by atoms with E-state index in [1.54, 1.807) is 4.90 Å². The Morgan fingerprint density at radius 1 is 1.27 bits per heavy atom. The molecule has 128 valence electrons. The number of piperidine rings is 1. The van der Waals surface area contributed by atoms with Crippen molar-refractivity contribution in [3.8, 4) is 0 Å². The molecule has 2 aliphatic heterocycles. The highest BCUT2D eigenvalue weighted by Gasteiger charge is 2.33. The van der Waals surface area contributed by atoms with E-state index in [0.717, 1.165) is 51.9 Å². The Morgan fingerprint density at radius 2 is 2.09 bits per heavy atom. The molecule has 0 aromatic heterocycles. The number of carbonyl (C=O) groups excluding carboxylic acids is 2. The van der Waals surface area contributed by atoms with Crippen molar-refractivity contribution in [3.63, 3.8) is 0 Å². The summed E-state index contributed by atoms with van der Waals surface area (Å²) in [7, 11) is 0. The number of hydrogen-bond acceptors (Lipinski definition) is 3. The molecule has 0 aromatic rings. The second-order valence-corrected chi connectivity index (χ2v) is 6.29. The third-order valence-corrected chi connectivity index (χ3v) is 4.59. The molecule has 2 heterocycles. The van der Waals surface area contributed by atoms with Gasteiger partial charge in [0.05, 0.1) is 0 Å². The average molecular weight is 332 g/mol. The zero-order valence-electron chi connectivity index (χ0n) is 13.6. The number of rotatable bonds is 6. The first-order valence-electron chi connectivity index (χ1n) is 8.50. The molecule has 2 rings (SSSR count). The Morgan fingerprint density at radius 3 is 2.77 bits per heavy atom. The lowest BCUT2D eigenvalue weighted by atomic mass is 9.96. The number of hydrogen-bond donors (Lipinski definition) is 2. The number of carbonyl (C=O) groups is 2. The fraction of sp³-hybridized carbons (Fsp3) is 0.875. The van der Waals surface area contributed by atoms with Crippen LogP contribution in [0.5, 0.6) is 0 Å². The van der Waals surface area contributed by atoms with Gasteiger partial charge >= 0.3 is 0 Å². The molecule has 0 spiro atoms. The molecule has 6 heteroatoms. The van der Waals surface area contributed by atoms with Crippen LogP contribution in [0.15, 0.2) is 0 Å². The zero-order chi connectivity index (χ0) is 15.1. The van der Waals surface area contributed by atoms with Gasteiger partial charge in [-0.2, -0.15) is 0 Å². The van der Waals surface area contributed by atoms with Gasteiger partial charge in [0, 0.05) is 19.5 Å². The molecule has 22 heavy (non-hydrogen) atoms. The molecule has 2 N–H and O–H groups in total. The molecule has 2 fully saturated rings. The van der Waals surface area contributed by atoms with Gasteiger partial charge < -0.3 is 15.5 Å². The van der Waals surface area contributed by atoms with Crippen LogP contribution < -0.4 is 10.6 Å². The number of nitrogens with zero attached hydrogens (tertiary/aromatic N) is 1. The lowest BCUT2D eigenvalue weighted by Gasteiger charge is -2.25. The monoisotopic (exact) mass is 331 g/mol. The van der Waals surface area contributed by atoms with Gasteiger partial charge in [0.25, 0.3) is 0 Å². The van der Waals surface area contributed by atoms with Crippen molar-refractivity contribution in [1.29, 1.82) is 0 Å². The molecule has 0 bridgehead atoms. The van der Waals surface area contributed by atoms with E-state index in [2.05, 4.69) is 10.6 Å². The van der Waals surface area contributed by atoms with E-state index in [0.29, 0.717) is 12.3 Å². The summed E-state index contributed by atoms with van der Waals surface area (Å²) in [5.41, 5.74) is 0. The molecule has 2 saturated heterocycles. The Bertz CT molecular complexity index is 359. The fourth-order valence-electron chi connectivity index (χ4n) is 3.38. The van der Waals surface area contributed by atoms with Gasteiger partial charge in [0.15, 0.2) is 0 Å². The Labute approximate surface area is 140 Å². The van der Waals surface area contributed by atoms with Crippen LogP contribution in [0.3, 0.4) is 0 Å². The third kappa shape index (κ3) is 5.43. The molecule has 0 radical (unpaired) electrons. The largest absolute Gasteiger partial charge is 0.354 e. The van der Waals surface area contributed by atoms with Crippen LogP contribution in [0.2, 0.25) is 0 Å². The van der Waals surface area contributed by atoms with Crippen molar-refractivity contribution in [2.45, 2.75) is 57.9 Å². The van der Waals surface area contributed by atoms with Gasteiger partial charge in [-0.15, -0.1) is 12.4 Å². The lowest BCUT2D eigenvalue weighted by Crippen LogP contribution is -2.46. The topological polar surface area (TPSA) is 61.4 Å². The quantitative estimate of drug-likeness (QED) is 0.779. The van der Waals surface area contributed by atoms with Gasteiger partial charge in [-0.3, -0.25) is 9.59 Å². The maximum absolute atomic E-state index is 12.3. The van der Waals surface area contributed by atoms with Crippen molar-refractivity contribution in [3.05, 3.63) is 0 Å². The molecule has 0 aromatic carbocycles. The number of halogens is 1. The van der Waals surface area contributed by atoms with Crippen molar-refractivity contribution in [2.24, 2.45) is 5.92 Å². The summed E-state index contributed by atoms with van der Waals surface area (Å²) in [4.78, 5) is 26.1. The van der Waals surface area contributed by atoms with Crippen molar-refractivity contribution in [2.75, 3.05) is 26.2 Å². The predicted octanol–water partition coefficient (Wildman–Crippen LogP) is 1.71. The van der Waals surface area contributed by atoms with E-state index in [4.69, 9.17) is 0 Å². The first-order chi connectivity index (χ1) is 10.2. The lowest BCUT2D eigenvalue weighted by molar-refractivity contribution is -0.138. The Balaban J connectivity index is 0.00000242. The second-order valence-electron chi connectivity index (χ2n) is 6.29. The normalized spacial score (nSPS) is 24.7. The summed E-state index contributed by atoms with van der Waals surface area (Å²) < 4.78 is 0. The van der Waals surface area contributed by atoms with Crippen LogP contribution >= 0.6 is 12.4 Å². The molecule has 5 nitrogen and oxygen atoms in total. The smallest absolute Gasteiger partial charge is 0.242 e. The van der Waals surface area contributed by atoms with Crippen molar-refractivity contribution < 1.29 is 9.59 Å². The van der Waals surface area contributed by atoms with Gasteiger partial charge in [-0.05, 0) is 57.5 Å². The maximum Gasteiger partial charge on any atom is 0.242 e. The summed E-state index contributed by atoms with van der Waals surface area (Å²) >= 11 is 0. The molecule has 2 aliphatic rings. The van der Waals surface area contributed by atoms with Gasteiger partial charge in [-0.25, -0.2) is 0 Å². The SMILES string of the molecule is CCCC(=O)N1CCCC1C(=O)NCCC1CCCNC1.Cl. The van der Waals surface area contributed by atoms with Crippen LogP contribution in [0, 0.1) is 5.92 Å². The van der Waals surface area contributed by atoms with Gasteiger partial charge in [0.1, 0.15) is 6.04 Å². The van der Waals surface area contributed by atoms with E-state index in [-0.39, 0.29) is 30.3 Å². The van der Waals surface area contributed by atoms with Gasteiger partial charge in [0.2, 0.25) is 11.8 Å². The summed E-state index contributed by atoms with van der Waals surface area (Å²) in [5, 5.41) is 6.44. The molecule has 0 saturated carbocycles. The Kier molecular flexibility index (Phi) is 8.79. The highest BCUT2D eigenvalue weighted by Crippen LogP contribution is 2.19. The fourth-order valence-corrected chi connectivity index (χ4v) is 3.38. The highest BCUT2D eigenvalue weighted by molar-refractivity contribution is 5.88. The molecule has 0 aliphatic carbocycles. The van der Waals surface area contributed by atoms with E-state index >= 15 is 0 Å². The summed E-state index contributed by atoms with van der Waals surface area (Å²) in [6.45, 7) is 5.67. The molecule has 2 unspecified atom stereocenters. The minimum Gasteiger partial charge on any atom is -0.354 e. The van der Waals surface area contributed by atoms with Crippen LogP contribution in [0.1, 0.15) is 51.9 Å². The van der Waals surface area contributed by atoms with E-state index in [9.17, 15) is 9.59 Å². The average Bonchev–Trinajstić information content (AvgIpc) is 2.98. The van der Waals surface area contributed by atoms with Gasteiger partial charge in [-0.1, -0.05) is 6.92 Å². The second kappa shape index (κ2) is 10.1. The first kappa shape index (κ1) is 19.2. The number of likely N-dealkylation sites (tertiary alicyclic amines) is 1. The summed E-state index contributed by atoms with van der Waals surface area (Å²) in [5.74, 6) is 0.854. The summed E-state index contributed by atoms with van der Waals surface area (Å²) in [6.07, 6.45) is 6.69. The standard InChI is InChI=1S/C16H29N3O2.ClH/c1-2-5-15(20)19-11-4-7-14(19)16(21)18-10-8-13-6-3-9-17-12-13;/h13-14,17H,2-12H2,1H3,(H,18,21);1H. The van der Waals surface area contributed by atoms with Crippen molar-refractivity contribution >= 4 is 24.2 Å². The minimum atomic E-state index is -0.228. The number of nitrogens with one attached hydrogen (secondary N) is 2. The predicted molar refractivity (Wildman–Crippen MR) is 90.1 cm³/mol. The van der Waals surface area contributed by atoms with Crippen molar-refractivity contribution in [1.82, 2.24) is 15.5 Å². The van der Waals surface area contributed by atoms with E-state index in [1.807, 2.05) is 6.92 Å². The van der Waals surface area contributed by atoms with E-state index < -0.39 is 0 Å². The van der Waals surface area contributed by atoms with Crippen LogP contribution in [-0.2, 0) is 9.59 Å². The zero-order valence-corrected chi connectivity index (χ0v) is 14.4. The minimum absolute atomic E-state index is 0. The maximum atomic E-state index is 12.3. The third-order valence-electron chi connectivity index (χ3n) is 4.59. The molecule has 2 amide bonds. The molecular formula is C16H30ClN3O2. The van der Waals surface area contributed by atoms with Crippen LogP contribution in [0.4, 0.5) is 0 Å². The summed E-state index contributed by atoms with van der Waals surface area (Å²) in [6, 6.07) is -0.228.